The van der Waals surface area contributed by atoms with Crippen molar-refractivity contribution in [3.63, 3.8) is 0 Å². The van der Waals surface area contributed by atoms with E-state index < -0.39 is 96.7 Å². The molecule has 0 bridgehead atoms. The Kier molecular flexibility index (Phi) is 20.4. The van der Waals surface area contributed by atoms with Crippen molar-refractivity contribution in [3.05, 3.63) is 108 Å². The number of alkyl carbamates (subject to hydrolysis) is 1. The molecule has 0 radical (unpaired) electrons. The third kappa shape index (κ3) is 18.4. The molecule has 6 amide bonds. The fraction of sp³-hybridized carbons (Fsp3) is 0.479. The molecule has 4 N–H and O–H groups in total. The number of urea groups is 1. The van der Waals surface area contributed by atoms with Crippen molar-refractivity contribution in [2.24, 2.45) is 11.8 Å². The Morgan fingerprint density at radius 3 is 1.75 bits per heavy atom. The van der Waals surface area contributed by atoms with E-state index in [1.807, 2.05) is 66.7 Å². The summed E-state index contributed by atoms with van der Waals surface area (Å²) in [6, 6.07) is 23.3. The molecule has 352 valence electrons. The van der Waals surface area contributed by atoms with Crippen LogP contribution in [0.5, 0.6) is 0 Å². The first kappa shape index (κ1) is 51.3. The lowest BCUT2D eigenvalue weighted by atomic mass is 9.88. The van der Waals surface area contributed by atoms with Gasteiger partial charge in [0.05, 0.1) is 26.4 Å². The number of rotatable bonds is 21. The molecule has 4 rings (SSSR count). The molecule has 1 saturated heterocycles. The van der Waals surface area contributed by atoms with Crippen molar-refractivity contribution in [3.8, 4) is 0 Å². The predicted octanol–water partition coefficient (Wildman–Crippen LogP) is 3.91. The molecule has 17 nitrogen and oxygen atoms in total. The number of benzene rings is 3. The van der Waals surface area contributed by atoms with Crippen LogP contribution in [-0.2, 0) is 66.9 Å². The standard InChI is InChI=1S/C48H63N5O12/c1-32(2)42(45(58)49-38(28-35-20-14-9-15-21-35)44(57)52-46(59)53-22-24-62-25-23-53)51-43(56)36(26-33-16-10-7-11-17-33)29-39(64-41(55)31-63-30-40(54)61-6)37(27-34-18-12-8-13-19-34)50-47(60)65-48(3,4)5/h7-21,32,36-39,42H,22-31H2,1-6H3,(H,49,58)(H,50,60)(H,51,56)(H,52,57,59). The Hall–Kier alpha value is -6.33. The van der Waals surface area contributed by atoms with Crippen LogP contribution in [0.1, 0.15) is 57.7 Å². The van der Waals surface area contributed by atoms with Crippen LogP contribution in [0.25, 0.3) is 0 Å². The van der Waals surface area contributed by atoms with Gasteiger partial charge in [0.1, 0.15) is 37.0 Å². The first-order valence-electron chi connectivity index (χ1n) is 21.7. The van der Waals surface area contributed by atoms with Gasteiger partial charge in [-0.1, -0.05) is 105 Å². The van der Waals surface area contributed by atoms with Gasteiger partial charge in [-0.05, 0) is 62.6 Å². The monoisotopic (exact) mass is 901 g/mol. The third-order valence-corrected chi connectivity index (χ3v) is 10.3. The summed E-state index contributed by atoms with van der Waals surface area (Å²) in [5.74, 6) is -5.03. The summed E-state index contributed by atoms with van der Waals surface area (Å²) in [4.78, 5) is 95.9. The minimum atomic E-state index is -1.20. The molecule has 1 heterocycles. The van der Waals surface area contributed by atoms with Crippen molar-refractivity contribution >= 4 is 41.8 Å². The van der Waals surface area contributed by atoms with Gasteiger partial charge >= 0.3 is 24.1 Å². The molecule has 3 aromatic carbocycles. The van der Waals surface area contributed by atoms with Crippen LogP contribution in [0.15, 0.2) is 91.0 Å². The van der Waals surface area contributed by atoms with Crippen molar-refractivity contribution in [2.75, 3.05) is 46.6 Å². The molecule has 5 unspecified atom stereocenters. The number of nitrogens with zero attached hydrogens (tertiary/aromatic N) is 1. The smallest absolute Gasteiger partial charge is 0.408 e. The number of hydrogen-bond donors (Lipinski definition) is 4. The average Bonchev–Trinajstić information content (AvgIpc) is 3.27. The highest BCUT2D eigenvalue weighted by atomic mass is 16.6. The van der Waals surface area contributed by atoms with Gasteiger partial charge in [-0.25, -0.2) is 19.2 Å². The number of carbonyl (C=O) groups is 7. The van der Waals surface area contributed by atoms with Crippen LogP contribution in [0.4, 0.5) is 9.59 Å². The average molecular weight is 902 g/mol. The second-order valence-corrected chi connectivity index (χ2v) is 17.0. The second-order valence-electron chi connectivity index (χ2n) is 17.0. The molecule has 0 spiro atoms. The quantitative estimate of drug-likeness (QED) is 0.0885. The highest BCUT2D eigenvalue weighted by Gasteiger charge is 2.37. The van der Waals surface area contributed by atoms with Crippen molar-refractivity contribution in [1.82, 2.24) is 26.2 Å². The van der Waals surface area contributed by atoms with Crippen molar-refractivity contribution in [1.29, 1.82) is 0 Å². The summed E-state index contributed by atoms with van der Waals surface area (Å²) in [6.07, 6.45) is -1.82. The van der Waals surface area contributed by atoms with Gasteiger partial charge in [-0.3, -0.25) is 19.7 Å². The largest absolute Gasteiger partial charge is 0.467 e. The summed E-state index contributed by atoms with van der Waals surface area (Å²) >= 11 is 0. The van der Waals surface area contributed by atoms with Gasteiger partial charge in [0, 0.05) is 25.4 Å². The van der Waals surface area contributed by atoms with Crippen LogP contribution in [0.3, 0.4) is 0 Å². The molecule has 0 aromatic heterocycles. The lowest BCUT2D eigenvalue weighted by Crippen LogP contribution is -2.58. The molecule has 3 aromatic rings. The van der Waals surface area contributed by atoms with Crippen LogP contribution in [0, 0.1) is 11.8 Å². The molecule has 65 heavy (non-hydrogen) atoms. The summed E-state index contributed by atoms with van der Waals surface area (Å²) < 4.78 is 26.8. The Labute approximate surface area is 380 Å². The number of methoxy groups -OCH3 is 1. The Morgan fingerprint density at radius 1 is 0.677 bits per heavy atom. The van der Waals surface area contributed by atoms with Gasteiger partial charge in [0.25, 0.3) is 5.91 Å². The van der Waals surface area contributed by atoms with Crippen LogP contribution >= 0.6 is 0 Å². The number of ether oxygens (including phenoxy) is 5. The molecule has 17 heteroatoms. The maximum atomic E-state index is 14.7. The minimum Gasteiger partial charge on any atom is -0.467 e. The number of nitrogens with one attached hydrogen (secondary N) is 4. The van der Waals surface area contributed by atoms with Crippen LogP contribution in [0.2, 0.25) is 0 Å². The third-order valence-electron chi connectivity index (χ3n) is 10.3. The van der Waals surface area contributed by atoms with E-state index in [9.17, 15) is 33.6 Å². The van der Waals surface area contributed by atoms with E-state index in [4.69, 9.17) is 18.9 Å². The molecule has 5 atom stereocenters. The lowest BCUT2D eigenvalue weighted by Gasteiger charge is -2.32. The maximum Gasteiger partial charge on any atom is 0.408 e. The molecule has 1 aliphatic rings. The van der Waals surface area contributed by atoms with Gasteiger partial charge < -0.3 is 44.5 Å². The summed E-state index contributed by atoms with van der Waals surface area (Å²) in [5, 5.41) is 11.0. The van der Waals surface area contributed by atoms with Crippen LogP contribution < -0.4 is 21.3 Å². The topological polar surface area (TPSA) is 217 Å². The van der Waals surface area contributed by atoms with Crippen LogP contribution in [-0.4, -0.2) is 123 Å². The van der Waals surface area contributed by atoms with Gasteiger partial charge in [-0.2, -0.15) is 0 Å². The highest BCUT2D eigenvalue weighted by Crippen LogP contribution is 2.23. The zero-order valence-corrected chi connectivity index (χ0v) is 38.0. The molecule has 0 aliphatic carbocycles. The number of amides is 6. The normalized spacial score (nSPS) is 15.0. The number of imide groups is 1. The Balaban J connectivity index is 1.66. The summed E-state index contributed by atoms with van der Waals surface area (Å²) in [6.45, 7) is 8.70. The fourth-order valence-electron chi connectivity index (χ4n) is 7.00. The molecule has 0 saturated carbocycles. The van der Waals surface area contributed by atoms with Gasteiger partial charge in [0.15, 0.2) is 0 Å². The zero-order chi connectivity index (χ0) is 47.4. The van der Waals surface area contributed by atoms with Crippen molar-refractivity contribution in [2.45, 2.75) is 90.1 Å². The summed E-state index contributed by atoms with van der Waals surface area (Å²) in [5.41, 5.74) is 1.38. The minimum absolute atomic E-state index is 0.0496. The van der Waals surface area contributed by atoms with E-state index in [2.05, 4.69) is 26.0 Å². The molecular formula is C48H63N5O12. The van der Waals surface area contributed by atoms with Gasteiger partial charge in [0.2, 0.25) is 11.8 Å². The molecular weight excluding hydrogens is 839 g/mol. The van der Waals surface area contributed by atoms with E-state index in [1.165, 1.54) is 12.0 Å². The maximum absolute atomic E-state index is 14.7. The first-order valence-corrected chi connectivity index (χ1v) is 21.7. The predicted molar refractivity (Wildman–Crippen MR) is 239 cm³/mol. The first-order chi connectivity index (χ1) is 31.0. The van der Waals surface area contributed by atoms with E-state index in [-0.39, 0.29) is 25.7 Å². The zero-order valence-electron chi connectivity index (χ0n) is 38.0. The van der Waals surface area contributed by atoms with E-state index >= 15 is 0 Å². The lowest BCUT2D eigenvalue weighted by molar-refractivity contribution is -0.160. The number of hydrogen-bond acceptors (Lipinski definition) is 12. The van der Waals surface area contributed by atoms with Crippen molar-refractivity contribution < 1.29 is 57.2 Å². The van der Waals surface area contributed by atoms with E-state index in [0.717, 1.165) is 16.7 Å². The van der Waals surface area contributed by atoms with E-state index in [0.29, 0.717) is 26.3 Å². The summed E-state index contributed by atoms with van der Waals surface area (Å²) in [7, 11) is 1.18. The number of esters is 2. The highest BCUT2D eigenvalue weighted by molar-refractivity contribution is 5.99. The Bertz CT molecular complexity index is 2010. The van der Waals surface area contributed by atoms with Gasteiger partial charge in [-0.15, -0.1) is 0 Å². The molecule has 1 aliphatic heterocycles. The SMILES string of the molecule is COC(=O)COCC(=O)OC(CC(Cc1ccccc1)C(=O)NC(C(=O)NC(Cc1ccccc1)C(=O)NC(=O)N1CCOCC1)C(C)C)C(Cc1ccccc1)NC(=O)OC(C)(C)C. The molecule has 1 fully saturated rings. The Morgan fingerprint density at radius 2 is 1.22 bits per heavy atom. The second kappa shape index (κ2) is 25.8. The number of morpholine rings is 1. The van der Waals surface area contributed by atoms with E-state index in [1.54, 1.807) is 58.9 Å². The number of carbonyl (C=O) groups excluding carboxylic acids is 7. The fourth-order valence-corrected chi connectivity index (χ4v) is 7.00.